The second-order valence-electron chi connectivity index (χ2n) is 4.51. The van der Waals surface area contributed by atoms with E-state index in [9.17, 15) is 4.79 Å². The van der Waals surface area contributed by atoms with Gasteiger partial charge in [-0.3, -0.25) is 4.79 Å². The van der Waals surface area contributed by atoms with E-state index in [1.165, 1.54) is 0 Å². The molecule has 6 nitrogen and oxygen atoms in total. The molecule has 0 saturated carbocycles. The minimum absolute atomic E-state index is 0.0183. The first-order valence-corrected chi connectivity index (χ1v) is 6.12. The molecule has 1 saturated heterocycles. The molecule has 1 heterocycles. The third kappa shape index (κ3) is 3.03. The first-order chi connectivity index (χ1) is 9.11. The standard InChI is InChI=1S/C13H17N3O3/c1-8-11(6-7-19-8)15-13(17)10-4-2-9(3-5-10)12(14)16-18/h2-5,8,11,18H,6-7H2,1H3,(H2,14,16)(H,15,17). The fourth-order valence-corrected chi connectivity index (χ4v) is 2.02. The molecule has 6 heteroatoms. The predicted molar refractivity (Wildman–Crippen MR) is 70.2 cm³/mol. The van der Waals surface area contributed by atoms with Crippen LogP contribution in [0.1, 0.15) is 29.3 Å². The fourth-order valence-electron chi connectivity index (χ4n) is 2.02. The van der Waals surface area contributed by atoms with Gasteiger partial charge in [0.25, 0.3) is 5.91 Å². The number of nitrogens with two attached hydrogens (primary N) is 1. The fraction of sp³-hybridized carbons (Fsp3) is 0.385. The van der Waals surface area contributed by atoms with Crippen LogP contribution in [0.25, 0.3) is 0 Å². The van der Waals surface area contributed by atoms with Crippen LogP contribution in [-0.2, 0) is 4.74 Å². The molecular weight excluding hydrogens is 246 g/mol. The second kappa shape index (κ2) is 5.71. The lowest BCUT2D eigenvalue weighted by molar-refractivity contribution is 0.0866. The van der Waals surface area contributed by atoms with Crippen LogP contribution in [0.2, 0.25) is 0 Å². The molecule has 0 spiro atoms. The molecule has 1 aliphatic heterocycles. The Morgan fingerprint density at radius 1 is 1.42 bits per heavy atom. The van der Waals surface area contributed by atoms with Crippen molar-refractivity contribution in [1.82, 2.24) is 5.32 Å². The van der Waals surface area contributed by atoms with E-state index < -0.39 is 0 Å². The van der Waals surface area contributed by atoms with Gasteiger partial charge in [-0.05, 0) is 25.5 Å². The van der Waals surface area contributed by atoms with E-state index in [1.807, 2.05) is 6.92 Å². The Morgan fingerprint density at radius 2 is 2.05 bits per heavy atom. The van der Waals surface area contributed by atoms with Crippen LogP contribution in [0, 0.1) is 0 Å². The second-order valence-corrected chi connectivity index (χ2v) is 4.51. The number of ether oxygens (including phenoxy) is 1. The van der Waals surface area contributed by atoms with Crippen LogP contribution >= 0.6 is 0 Å². The van der Waals surface area contributed by atoms with Gasteiger partial charge in [0.15, 0.2) is 5.84 Å². The van der Waals surface area contributed by atoms with Crippen LogP contribution in [-0.4, -0.2) is 35.7 Å². The maximum atomic E-state index is 12.0. The van der Waals surface area contributed by atoms with E-state index in [2.05, 4.69) is 10.5 Å². The van der Waals surface area contributed by atoms with Crippen molar-refractivity contribution in [2.45, 2.75) is 25.5 Å². The Hall–Kier alpha value is -2.08. The predicted octanol–water partition coefficient (Wildman–Crippen LogP) is 0.688. The highest BCUT2D eigenvalue weighted by molar-refractivity contribution is 5.99. The Balaban J connectivity index is 2.03. The Labute approximate surface area is 111 Å². The van der Waals surface area contributed by atoms with Gasteiger partial charge in [-0.1, -0.05) is 17.3 Å². The Bertz CT molecular complexity index is 484. The summed E-state index contributed by atoms with van der Waals surface area (Å²) in [6, 6.07) is 6.61. The number of hydrogen-bond donors (Lipinski definition) is 3. The van der Waals surface area contributed by atoms with Crippen molar-refractivity contribution >= 4 is 11.7 Å². The SMILES string of the molecule is CC1OCCC1NC(=O)c1ccc(/C(N)=N/O)cc1. The number of nitrogens with zero attached hydrogens (tertiary/aromatic N) is 1. The largest absolute Gasteiger partial charge is 0.409 e. The summed E-state index contributed by atoms with van der Waals surface area (Å²) in [5.41, 5.74) is 6.56. The van der Waals surface area contributed by atoms with Crippen molar-refractivity contribution in [3.63, 3.8) is 0 Å². The molecule has 1 aliphatic rings. The highest BCUT2D eigenvalue weighted by Crippen LogP contribution is 2.13. The molecule has 0 aliphatic carbocycles. The van der Waals surface area contributed by atoms with E-state index in [0.29, 0.717) is 17.7 Å². The van der Waals surface area contributed by atoms with Crippen LogP contribution in [0.5, 0.6) is 0 Å². The van der Waals surface area contributed by atoms with Gasteiger partial charge < -0.3 is 21.0 Å². The van der Waals surface area contributed by atoms with E-state index in [0.717, 1.165) is 6.42 Å². The number of rotatable bonds is 3. The van der Waals surface area contributed by atoms with Gasteiger partial charge in [-0.25, -0.2) is 0 Å². The zero-order valence-corrected chi connectivity index (χ0v) is 10.7. The molecule has 4 N–H and O–H groups in total. The van der Waals surface area contributed by atoms with Crippen molar-refractivity contribution in [3.8, 4) is 0 Å². The number of amidine groups is 1. The number of oxime groups is 1. The van der Waals surface area contributed by atoms with Gasteiger partial charge >= 0.3 is 0 Å². The average molecular weight is 263 g/mol. The summed E-state index contributed by atoms with van der Waals surface area (Å²) < 4.78 is 5.39. The minimum Gasteiger partial charge on any atom is -0.409 e. The summed E-state index contributed by atoms with van der Waals surface area (Å²) in [7, 11) is 0. The summed E-state index contributed by atoms with van der Waals surface area (Å²) >= 11 is 0. The molecule has 2 rings (SSSR count). The van der Waals surface area contributed by atoms with Crippen molar-refractivity contribution in [2.24, 2.45) is 10.9 Å². The first kappa shape index (κ1) is 13.4. The van der Waals surface area contributed by atoms with E-state index in [4.69, 9.17) is 15.7 Å². The van der Waals surface area contributed by atoms with E-state index in [1.54, 1.807) is 24.3 Å². The molecule has 102 valence electrons. The molecule has 1 aromatic rings. The van der Waals surface area contributed by atoms with Gasteiger partial charge in [0.2, 0.25) is 0 Å². The zero-order chi connectivity index (χ0) is 13.8. The Morgan fingerprint density at radius 3 is 2.58 bits per heavy atom. The van der Waals surface area contributed by atoms with E-state index in [-0.39, 0.29) is 23.9 Å². The van der Waals surface area contributed by atoms with Gasteiger partial charge in [0.05, 0.1) is 12.1 Å². The van der Waals surface area contributed by atoms with E-state index >= 15 is 0 Å². The van der Waals surface area contributed by atoms with Crippen LogP contribution in [0.4, 0.5) is 0 Å². The Kier molecular flexibility index (Phi) is 4.01. The lowest BCUT2D eigenvalue weighted by Crippen LogP contribution is -2.39. The lowest BCUT2D eigenvalue weighted by Gasteiger charge is -2.16. The van der Waals surface area contributed by atoms with Gasteiger partial charge in [-0.15, -0.1) is 0 Å². The summed E-state index contributed by atoms with van der Waals surface area (Å²) in [6.07, 6.45) is 0.871. The van der Waals surface area contributed by atoms with Crippen molar-refractivity contribution in [1.29, 1.82) is 0 Å². The molecular formula is C13H17N3O3. The first-order valence-electron chi connectivity index (χ1n) is 6.12. The highest BCUT2D eigenvalue weighted by atomic mass is 16.5. The van der Waals surface area contributed by atoms with Crippen LogP contribution in [0.3, 0.4) is 0 Å². The normalized spacial score (nSPS) is 23.3. The average Bonchev–Trinajstić information content (AvgIpc) is 2.83. The molecule has 2 atom stereocenters. The van der Waals surface area contributed by atoms with Gasteiger partial charge in [0, 0.05) is 17.7 Å². The minimum atomic E-state index is -0.145. The third-order valence-corrected chi connectivity index (χ3v) is 3.24. The van der Waals surface area contributed by atoms with Gasteiger partial charge in [-0.2, -0.15) is 0 Å². The number of carbonyl (C=O) groups excluding carboxylic acids is 1. The number of hydrogen-bond acceptors (Lipinski definition) is 4. The quantitative estimate of drug-likeness (QED) is 0.323. The monoisotopic (exact) mass is 263 g/mol. The lowest BCUT2D eigenvalue weighted by atomic mass is 10.1. The third-order valence-electron chi connectivity index (χ3n) is 3.24. The number of carbonyl (C=O) groups is 1. The molecule has 0 aromatic heterocycles. The summed E-state index contributed by atoms with van der Waals surface area (Å²) in [4.78, 5) is 12.0. The smallest absolute Gasteiger partial charge is 0.251 e. The summed E-state index contributed by atoms with van der Waals surface area (Å²) in [6.45, 7) is 2.62. The van der Waals surface area contributed by atoms with Gasteiger partial charge in [0.1, 0.15) is 0 Å². The highest BCUT2D eigenvalue weighted by Gasteiger charge is 2.25. The molecule has 19 heavy (non-hydrogen) atoms. The molecule has 1 fully saturated rings. The summed E-state index contributed by atoms with van der Waals surface area (Å²) in [5.74, 6) is -0.127. The molecule has 1 amide bonds. The zero-order valence-electron chi connectivity index (χ0n) is 10.7. The number of nitrogens with one attached hydrogen (secondary N) is 1. The maximum absolute atomic E-state index is 12.0. The van der Waals surface area contributed by atoms with Crippen LogP contribution in [0.15, 0.2) is 29.4 Å². The maximum Gasteiger partial charge on any atom is 0.251 e. The molecule has 2 unspecified atom stereocenters. The topological polar surface area (TPSA) is 96.9 Å². The summed E-state index contributed by atoms with van der Waals surface area (Å²) in [5, 5.41) is 14.4. The molecule has 1 aromatic carbocycles. The van der Waals surface area contributed by atoms with Crippen LogP contribution < -0.4 is 11.1 Å². The number of amides is 1. The van der Waals surface area contributed by atoms with Crippen molar-refractivity contribution < 1.29 is 14.7 Å². The van der Waals surface area contributed by atoms with Crippen molar-refractivity contribution in [2.75, 3.05) is 6.61 Å². The molecule has 0 radical (unpaired) electrons. The van der Waals surface area contributed by atoms with Crippen molar-refractivity contribution in [3.05, 3.63) is 35.4 Å². The molecule has 0 bridgehead atoms. The number of benzene rings is 1.